The van der Waals surface area contributed by atoms with Crippen LogP contribution in [0.25, 0.3) is 0 Å². The zero-order chi connectivity index (χ0) is 24.0. The van der Waals surface area contributed by atoms with E-state index in [0.717, 1.165) is 5.56 Å². The number of aromatic nitrogens is 2. The number of nitrogens with one attached hydrogen (secondary N) is 1. The molecule has 0 radical (unpaired) electrons. The molecule has 1 aromatic heterocycles. The van der Waals surface area contributed by atoms with Crippen molar-refractivity contribution in [2.24, 2.45) is 5.10 Å². The monoisotopic (exact) mass is 492 g/mol. The highest BCUT2D eigenvalue weighted by molar-refractivity contribution is 7.98. The van der Waals surface area contributed by atoms with Crippen molar-refractivity contribution >= 4 is 35.5 Å². The van der Waals surface area contributed by atoms with Gasteiger partial charge in [0.05, 0.1) is 18.9 Å². The van der Waals surface area contributed by atoms with Gasteiger partial charge in [0.25, 0.3) is 12.3 Å². The predicted octanol–water partition coefficient (Wildman–Crippen LogP) is 5.15. The van der Waals surface area contributed by atoms with E-state index in [0.29, 0.717) is 27.8 Å². The van der Waals surface area contributed by atoms with Crippen LogP contribution in [0.3, 0.4) is 0 Å². The summed E-state index contributed by atoms with van der Waals surface area (Å²) in [5.74, 6) is 0.0992. The highest BCUT2D eigenvalue weighted by Crippen LogP contribution is 2.28. The number of benzene rings is 2. The van der Waals surface area contributed by atoms with Gasteiger partial charge in [0.2, 0.25) is 0 Å². The number of carbonyl (C=O) groups excluding carboxylic acids is 1. The molecule has 33 heavy (non-hydrogen) atoms. The Kier molecular flexibility index (Phi) is 8.18. The second-order valence-electron chi connectivity index (χ2n) is 6.74. The van der Waals surface area contributed by atoms with E-state index < -0.39 is 12.3 Å². The zero-order valence-corrected chi connectivity index (χ0v) is 19.1. The Morgan fingerprint density at radius 2 is 2.06 bits per heavy atom. The van der Waals surface area contributed by atoms with E-state index in [1.165, 1.54) is 49.4 Å². The van der Waals surface area contributed by atoms with E-state index >= 15 is 0 Å². The van der Waals surface area contributed by atoms with Crippen LogP contribution in [0.1, 0.15) is 39.3 Å². The summed E-state index contributed by atoms with van der Waals surface area (Å²) in [5, 5.41) is 14.3. The molecule has 0 bridgehead atoms. The van der Waals surface area contributed by atoms with Gasteiger partial charge in [-0.2, -0.15) is 5.10 Å². The molecule has 11 heteroatoms. The van der Waals surface area contributed by atoms with E-state index in [1.54, 1.807) is 25.1 Å². The van der Waals surface area contributed by atoms with Crippen molar-refractivity contribution in [3.8, 4) is 11.5 Å². The molecule has 0 aliphatic carbocycles. The Hall–Kier alpha value is -3.24. The molecule has 7 nitrogen and oxygen atoms in total. The van der Waals surface area contributed by atoms with Gasteiger partial charge in [0.1, 0.15) is 17.2 Å². The van der Waals surface area contributed by atoms with E-state index in [-0.39, 0.29) is 22.2 Å². The van der Waals surface area contributed by atoms with Crippen LogP contribution in [-0.4, -0.2) is 34.3 Å². The van der Waals surface area contributed by atoms with Gasteiger partial charge in [0.15, 0.2) is 5.16 Å². The molecule has 0 atom stereocenters. The number of ether oxygens (including phenoxy) is 1. The van der Waals surface area contributed by atoms with Crippen LogP contribution in [0.4, 0.5) is 8.78 Å². The molecule has 0 unspecified atom stereocenters. The summed E-state index contributed by atoms with van der Waals surface area (Å²) in [6.07, 6.45) is -1.25. The maximum Gasteiger partial charge on any atom is 0.280 e. The first-order valence-electron chi connectivity index (χ1n) is 9.52. The van der Waals surface area contributed by atoms with Crippen molar-refractivity contribution in [1.29, 1.82) is 0 Å². The number of hydrazone groups is 1. The predicted molar refractivity (Wildman–Crippen MR) is 122 cm³/mol. The Morgan fingerprint density at radius 3 is 2.76 bits per heavy atom. The molecule has 3 rings (SSSR count). The highest BCUT2D eigenvalue weighted by atomic mass is 35.5. The fraction of sp³-hybridized carbons (Fsp3) is 0.182. The lowest BCUT2D eigenvalue weighted by Crippen LogP contribution is -2.17. The third kappa shape index (κ3) is 6.62. The molecule has 0 spiro atoms. The summed E-state index contributed by atoms with van der Waals surface area (Å²) in [7, 11) is 1.52. The zero-order valence-electron chi connectivity index (χ0n) is 17.6. The van der Waals surface area contributed by atoms with E-state index in [1.807, 2.05) is 0 Å². The van der Waals surface area contributed by atoms with Gasteiger partial charge in [-0.25, -0.2) is 24.2 Å². The summed E-state index contributed by atoms with van der Waals surface area (Å²) < 4.78 is 31.4. The number of phenols is 1. The summed E-state index contributed by atoms with van der Waals surface area (Å²) in [5.41, 5.74) is 3.92. The third-order valence-corrected chi connectivity index (χ3v) is 5.45. The quantitative estimate of drug-likeness (QED) is 0.195. The average molecular weight is 493 g/mol. The first kappa shape index (κ1) is 24.4. The van der Waals surface area contributed by atoms with Gasteiger partial charge in [-0.15, -0.1) is 0 Å². The lowest BCUT2D eigenvalue weighted by molar-refractivity contribution is 0.0952. The van der Waals surface area contributed by atoms with Crippen LogP contribution >= 0.6 is 23.4 Å². The number of carbonyl (C=O) groups is 1. The molecule has 0 fully saturated rings. The fourth-order valence-electron chi connectivity index (χ4n) is 2.80. The minimum Gasteiger partial charge on any atom is -0.507 e. The summed E-state index contributed by atoms with van der Waals surface area (Å²) in [6.45, 7) is 1.63. The topological polar surface area (TPSA) is 96.7 Å². The minimum atomic E-state index is -2.68. The number of amides is 1. The maximum atomic E-state index is 13.0. The van der Waals surface area contributed by atoms with E-state index in [2.05, 4.69) is 20.5 Å². The number of phenolic OH excluding ortho intramolecular Hbond substituents is 1. The molecule has 1 amide bonds. The second-order valence-corrected chi connectivity index (χ2v) is 8.12. The number of aryl methyl sites for hydroxylation is 1. The summed E-state index contributed by atoms with van der Waals surface area (Å²) in [6, 6.07) is 10.6. The smallest absolute Gasteiger partial charge is 0.280 e. The molecule has 3 aromatic rings. The third-order valence-electron chi connectivity index (χ3n) is 4.32. The van der Waals surface area contributed by atoms with Gasteiger partial charge in [-0.3, -0.25) is 4.79 Å². The van der Waals surface area contributed by atoms with Crippen LogP contribution in [-0.2, 0) is 5.75 Å². The number of nitrogens with zero attached hydrogens (tertiary/aromatic N) is 3. The van der Waals surface area contributed by atoms with Gasteiger partial charge < -0.3 is 9.84 Å². The minimum absolute atomic E-state index is 0.0321. The van der Waals surface area contributed by atoms with Gasteiger partial charge >= 0.3 is 0 Å². The van der Waals surface area contributed by atoms with E-state index in [9.17, 15) is 18.7 Å². The van der Waals surface area contributed by atoms with Crippen molar-refractivity contribution in [2.75, 3.05) is 7.11 Å². The van der Waals surface area contributed by atoms with Crippen molar-refractivity contribution in [3.63, 3.8) is 0 Å². The number of alkyl halides is 2. The summed E-state index contributed by atoms with van der Waals surface area (Å²) in [4.78, 5) is 20.3. The number of methoxy groups -OCH3 is 1. The number of rotatable bonds is 8. The number of hydrogen-bond donors (Lipinski definition) is 2. The molecule has 0 aliphatic heterocycles. The lowest BCUT2D eigenvalue weighted by Gasteiger charge is -2.10. The fourth-order valence-corrected chi connectivity index (χ4v) is 3.85. The van der Waals surface area contributed by atoms with Crippen LogP contribution in [0.2, 0.25) is 5.02 Å². The van der Waals surface area contributed by atoms with Crippen LogP contribution in [0, 0.1) is 6.92 Å². The molecule has 172 valence electrons. The molecule has 0 saturated heterocycles. The van der Waals surface area contributed by atoms with Gasteiger partial charge in [-0.05, 0) is 55.0 Å². The Morgan fingerprint density at radius 1 is 1.27 bits per heavy atom. The normalized spacial score (nSPS) is 11.2. The molecular formula is C22H19ClF2N4O3S. The first-order valence-corrected chi connectivity index (χ1v) is 10.9. The number of hydrogen-bond acceptors (Lipinski definition) is 7. The molecule has 0 saturated carbocycles. The van der Waals surface area contributed by atoms with Crippen molar-refractivity contribution in [2.45, 2.75) is 24.3 Å². The number of aromatic hydroxyl groups is 1. The Labute approximate surface area is 197 Å². The van der Waals surface area contributed by atoms with Crippen molar-refractivity contribution in [3.05, 3.63) is 75.6 Å². The molecular weight excluding hydrogens is 474 g/mol. The Balaban J connectivity index is 1.71. The second kappa shape index (κ2) is 11.1. The van der Waals surface area contributed by atoms with Crippen LogP contribution < -0.4 is 10.2 Å². The first-order chi connectivity index (χ1) is 15.8. The summed E-state index contributed by atoms with van der Waals surface area (Å²) >= 11 is 6.96. The molecule has 2 N–H and O–H groups in total. The van der Waals surface area contributed by atoms with Crippen molar-refractivity contribution < 1.29 is 23.4 Å². The Bertz CT molecular complexity index is 1190. The highest BCUT2D eigenvalue weighted by Gasteiger charge is 2.13. The maximum absolute atomic E-state index is 13.0. The lowest BCUT2D eigenvalue weighted by atomic mass is 10.1. The van der Waals surface area contributed by atoms with Gasteiger partial charge in [0, 0.05) is 22.0 Å². The standard InChI is InChI=1S/C22H19ClF2N4O3S/c1-12-7-17(20(24)25)28-22(27-12)33-11-14-8-13(3-6-19(14)32-2)10-26-29-21(31)16-5-4-15(23)9-18(16)30/h3-10,20,30H,11H2,1-2H3,(H,29,31)/b26-10-. The molecule has 2 aromatic carbocycles. The number of thioether (sulfide) groups is 1. The number of halogens is 3. The average Bonchev–Trinajstić information content (AvgIpc) is 2.77. The molecule has 0 aliphatic rings. The molecule has 1 heterocycles. The van der Waals surface area contributed by atoms with E-state index in [4.69, 9.17) is 16.3 Å². The largest absolute Gasteiger partial charge is 0.507 e. The van der Waals surface area contributed by atoms with Crippen LogP contribution in [0.15, 0.2) is 52.7 Å². The van der Waals surface area contributed by atoms with Crippen molar-refractivity contribution in [1.82, 2.24) is 15.4 Å². The van der Waals surface area contributed by atoms with Gasteiger partial charge in [-0.1, -0.05) is 23.4 Å². The SMILES string of the molecule is COc1ccc(/C=N\NC(=O)c2ccc(Cl)cc2O)cc1CSc1nc(C)cc(C(F)F)n1. The van der Waals surface area contributed by atoms with Crippen LogP contribution in [0.5, 0.6) is 11.5 Å².